The van der Waals surface area contributed by atoms with Crippen LogP contribution in [0.2, 0.25) is 0 Å². The molecule has 0 aliphatic heterocycles. The number of aliphatic hydroxyl groups is 1. The Morgan fingerprint density at radius 3 is 2.58 bits per heavy atom. The number of hydrogen-bond acceptors (Lipinski definition) is 5. The molecular weight excluding hydrogens is 323 g/mol. The largest absolute Gasteiger partial charge is 0.441 e. The molecule has 0 aromatic carbocycles. The molecule has 1 rings (SSSR count). The third-order valence-electron chi connectivity index (χ3n) is 2.07. The van der Waals surface area contributed by atoms with Gasteiger partial charge in [0.15, 0.2) is 0 Å². The molecule has 0 unspecified atom stereocenters. The number of aliphatic hydroxyl groups excluding tert-OH is 1. The van der Waals surface area contributed by atoms with E-state index in [4.69, 9.17) is 5.11 Å². The van der Waals surface area contributed by atoms with Crippen LogP contribution < -0.4 is 4.72 Å². The van der Waals surface area contributed by atoms with Crippen LogP contribution in [0.1, 0.15) is 10.4 Å². The molecule has 19 heavy (non-hydrogen) atoms. The summed E-state index contributed by atoms with van der Waals surface area (Å²) in [6, 6.07) is 1.38. The molecule has 0 saturated carbocycles. The molecule has 1 aromatic rings. The Labute approximate surface area is 117 Å². The fourth-order valence-corrected chi connectivity index (χ4v) is 4.28. The molecule has 0 amide bonds. The first-order valence-corrected chi connectivity index (χ1v) is 8.35. The molecule has 0 atom stereocenters. The van der Waals surface area contributed by atoms with E-state index in [0.29, 0.717) is 10.4 Å². The molecule has 0 radical (unpaired) electrons. The number of halogens is 3. The van der Waals surface area contributed by atoms with Crippen molar-refractivity contribution >= 4 is 33.1 Å². The van der Waals surface area contributed by atoms with E-state index < -0.39 is 15.5 Å². The quantitative estimate of drug-likeness (QED) is 0.781. The first-order valence-electron chi connectivity index (χ1n) is 5.06. The normalized spacial score (nSPS) is 12.9. The summed E-state index contributed by atoms with van der Waals surface area (Å²) in [5.74, 6) is -0.389. The minimum atomic E-state index is -4.37. The van der Waals surface area contributed by atoms with Crippen molar-refractivity contribution in [3.8, 4) is 0 Å². The second-order valence-electron chi connectivity index (χ2n) is 3.52. The Kier molecular flexibility index (Phi) is 5.68. The summed E-state index contributed by atoms with van der Waals surface area (Å²) in [6.07, 6.45) is 0. The Morgan fingerprint density at radius 2 is 2.11 bits per heavy atom. The first kappa shape index (κ1) is 16.8. The van der Waals surface area contributed by atoms with Gasteiger partial charge in [-0.25, -0.2) is 13.1 Å². The Hall–Kier alpha value is -0.290. The summed E-state index contributed by atoms with van der Waals surface area (Å²) in [5, 5.41) is 8.97. The molecular formula is C9H12F3NO3S3. The van der Waals surface area contributed by atoms with Gasteiger partial charge in [-0.3, -0.25) is 0 Å². The molecule has 1 aromatic heterocycles. The average Bonchev–Trinajstić information content (AvgIpc) is 2.65. The van der Waals surface area contributed by atoms with E-state index in [2.05, 4.69) is 4.72 Å². The summed E-state index contributed by atoms with van der Waals surface area (Å²) in [5.41, 5.74) is -3.73. The SMILES string of the molecule is Cc1cc(S(=O)(=O)NCCSC(F)(F)F)sc1CO. The second kappa shape index (κ2) is 6.44. The first-order chi connectivity index (χ1) is 8.65. The zero-order valence-electron chi connectivity index (χ0n) is 9.82. The van der Waals surface area contributed by atoms with Gasteiger partial charge < -0.3 is 5.11 Å². The molecule has 1 heterocycles. The molecule has 2 N–H and O–H groups in total. The summed E-state index contributed by atoms with van der Waals surface area (Å²) < 4.78 is 61.2. The van der Waals surface area contributed by atoms with E-state index in [1.807, 2.05) is 0 Å². The third kappa shape index (κ3) is 5.30. The van der Waals surface area contributed by atoms with Crippen LogP contribution in [0.3, 0.4) is 0 Å². The number of hydrogen-bond donors (Lipinski definition) is 2. The predicted octanol–water partition coefficient (Wildman–Crippen LogP) is 2.08. The highest BCUT2D eigenvalue weighted by Gasteiger charge is 2.28. The van der Waals surface area contributed by atoms with Crippen molar-refractivity contribution in [1.82, 2.24) is 4.72 Å². The number of thiophene rings is 1. The highest BCUT2D eigenvalue weighted by molar-refractivity contribution is 8.00. The minimum Gasteiger partial charge on any atom is -0.391 e. The van der Waals surface area contributed by atoms with Gasteiger partial charge in [-0.2, -0.15) is 13.2 Å². The summed E-state index contributed by atoms with van der Waals surface area (Å²) >= 11 is 0.619. The molecule has 0 saturated heterocycles. The summed E-state index contributed by atoms with van der Waals surface area (Å²) in [4.78, 5) is 0.519. The van der Waals surface area contributed by atoms with Gasteiger partial charge in [0, 0.05) is 17.2 Å². The maximum Gasteiger partial charge on any atom is 0.441 e. The van der Waals surface area contributed by atoms with Crippen molar-refractivity contribution in [3.63, 3.8) is 0 Å². The van der Waals surface area contributed by atoms with Gasteiger partial charge in [-0.1, -0.05) is 0 Å². The Balaban J connectivity index is 2.61. The number of alkyl halides is 3. The maximum atomic E-state index is 11.9. The van der Waals surface area contributed by atoms with Crippen LogP contribution >= 0.6 is 23.1 Å². The van der Waals surface area contributed by atoms with E-state index in [1.54, 1.807) is 6.92 Å². The molecule has 4 nitrogen and oxygen atoms in total. The standard InChI is InChI=1S/C9H12F3NO3S3/c1-6-4-8(18-7(6)5-14)19(15,16)13-2-3-17-9(10,11)12/h4,13-14H,2-3,5H2,1H3. The lowest BCUT2D eigenvalue weighted by atomic mass is 10.3. The van der Waals surface area contributed by atoms with E-state index in [0.717, 1.165) is 11.3 Å². The Bertz CT molecular complexity index is 525. The molecule has 0 spiro atoms. The molecule has 0 aliphatic carbocycles. The lowest BCUT2D eigenvalue weighted by Gasteiger charge is -2.06. The van der Waals surface area contributed by atoms with Crippen LogP contribution in [0, 0.1) is 6.92 Å². The zero-order valence-corrected chi connectivity index (χ0v) is 12.3. The van der Waals surface area contributed by atoms with E-state index in [1.165, 1.54) is 6.07 Å². The number of rotatable bonds is 6. The van der Waals surface area contributed by atoms with E-state index in [9.17, 15) is 21.6 Å². The predicted molar refractivity (Wildman–Crippen MR) is 68.7 cm³/mol. The lowest BCUT2D eigenvalue weighted by molar-refractivity contribution is -0.0327. The average molecular weight is 335 g/mol. The van der Waals surface area contributed by atoms with Crippen LogP contribution in [0.25, 0.3) is 0 Å². The van der Waals surface area contributed by atoms with Crippen molar-refractivity contribution < 1.29 is 26.7 Å². The zero-order chi connectivity index (χ0) is 14.7. The summed E-state index contributed by atoms with van der Waals surface area (Å²) in [7, 11) is -3.81. The Morgan fingerprint density at radius 1 is 1.47 bits per heavy atom. The van der Waals surface area contributed by atoms with Crippen molar-refractivity contribution in [2.45, 2.75) is 23.2 Å². The van der Waals surface area contributed by atoms with Crippen molar-refractivity contribution in [2.24, 2.45) is 0 Å². The minimum absolute atomic E-state index is 0.00828. The van der Waals surface area contributed by atoms with Crippen LogP contribution in [0.4, 0.5) is 13.2 Å². The molecule has 110 valence electrons. The van der Waals surface area contributed by atoms with Gasteiger partial charge in [0.05, 0.1) is 6.61 Å². The fourth-order valence-electron chi connectivity index (χ4n) is 1.19. The molecule has 0 fully saturated rings. The van der Waals surface area contributed by atoms with E-state index >= 15 is 0 Å². The number of sulfonamides is 1. The van der Waals surface area contributed by atoms with Gasteiger partial charge in [-0.05, 0) is 30.3 Å². The third-order valence-corrected chi connectivity index (χ3v) is 5.96. The second-order valence-corrected chi connectivity index (χ2v) is 7.81. The molecule has 0 aliphatic rings. The van der Waals surface area contributed by atoms with Gasteiger partial charge in [-0.15, -0.1) is 11.3 Å². The number of thioether (sulfide) groups is 1. The smallest absolute Gasteiger partial charge is 0.391 e. The van der Waals surface area contributed by atoms with Crippen LogP contribution in [-0.2, 0) is 16.6 Å². The number of aryl methyl sites for hydroxylation is 1. The topological polar surface area (TPSA) is 66.4 Å². The van der Waals surface area contributed by atoms with Gasteiger partial charge in [0.25, 0.3) is 0 Å². The monoisotopic (exact) mass is 335 g/mol. The van der Waals surface area contributed by atoms with Crippen molar-refractivity contribution in [1.29, 1.82) is 0 Å². The highest BCUT2D eigenvalue weighted by Crippen LogP contribution is 2.30. The van der Waals surface area contributed by atoms with Crippen molar-refractivity contribution in [2.75, 3.05) is 12.3 Å². The summed E-state index contributed by atoms with van der Waals surface area (Å²) in [6.45, 7) is 1.08. The van der Waals surface area contributed by atoms with Crippen LogP contribution in [0.15, 0.2) is 10.3 Å². The number of nitrogens with one attached hydrogen (secondary N) is 1. The fraction of sp³-hybridized carbons (Fsp3) is 0.556. The van der Waals surface area contributed by atoms with Gasteiger partial charge in [0.2, 0.25) is 10.0 Å². The van der Waals surface area contributed by atoms with Crippen LogP contribution in [-0.4, -0.2) is 31.3 Å². The van der Waals surface area contributed by atoms with Crippen LogP contribution in [0.5, 0.6) is 0 Å². The highest BCUT2D eigenvalue weighted by atomic mass is 32.2. The van der Waals surface area contributed by atoms with Gasteiger partial charge >= 0.3 is 5.51 Å². The lowest BCUT2D eigenvalue weighted by Crippen LogP contribution is -2.26. The van der Waals surface area contributed by atoms with Crippen molar-refractivity contribution in [3.05, 3.63) is 16.5 Å². The molecule has 10 heteroatoms. The van der Waals surface area contributed by atoms with Gasteiger partial charge in [0.1, 0.15) is 4.21 Å². The molecule has 0 bridgehead atoms. The maximum absolute atomic E-state index is 11.9. The van der Waals surface area contributed by atoms with E-state index in [-0.39, 0.29) is 34.9 Å².